The summed E-state index contributed by atoms with van der Waals surface area (Å²) in [5.41, 5.74) is 0.958. The van der Waals surface area contributed by atoms with E-state index < -0.39 is 29.0 Å². The van der Waals surface area contributed by atoms with Crippen LogP contribution in [0.25, 0.3) is 0 Å². The second-order valence-corrected chi connectivity index (χ2v) is 10.5. The van der Waals surface area contributed by atoms with Gasteiger partial charge in [0.2, 0.25) is 5.18 Å². The van der Waals surface area contributed by atoms with E-state index >= 15 is 0 Å². The van der Waals surface area contributed by atoms with Crippen molar-refractivity contribution in [1.29, 1.82) is 0 Å². The third kappa shape index (κ3) is 5.53. The maximum atomic E-state index is 12.7. The molecular formula is C15H23O7PS2. The van der Waals surface area contributed by atoms with Crippen molar-refractivity contribution in [3.63, 3.8) is 0 Å². The minimum Gasteiger partial charge on any atom is -0.348 e. The largest absolute Gasteiger partial charge is 0.369 e. The molecule has 2 atom stereocenters. The van der Waals surface area contributed by atoms with Crippen LogP contribution < -0.4 is 0 Å². The smallest absolute Gasteiger partial charge is 0.348 e. The average molecular weight is 410 g/mol. The van der Waals surface area contributed by atoms with Gasteiger partial charge in [-0.1, -0.05) is 17.7 Å². The van der Waals surface area contributed by atoms with E-state index in [9.17, 15) is 13.0 Å². The third-order valence-corrected chi connectivity index (χ3v) is 8.68. The zero-order valence-electron chi connectivity index (χ0n) is 14.4. The highest BCUT2D eigenvalue weighted by atomic mass is 32.2. The average Bonchev–Trinajstić information content (AvgIpc) is 3.04. The van der Waals surface area contributed by atoms with Crippen LogP contribution in [0.1, 0.15) is 19.4 Å². The normalized spacial score (nSPS) is 21.6. The molecule has 0 N–H and O–H groups in total. The molecule has 1 heterocycles. The first kappa shape index (κ1) is 20.9. The lowest BCUT2D eigenvalue weighted by molar-refractivity contribution is 0.0479. The zero-order valence-corrected chi connectivity index (χ0v) is 16.9. The molecule has 1 aliphatic heterocycles. The fraction of sp³-hybridized carbons (Fsp3) is 0.600. The first-order valence-corrected chi connectivity index (χ1v) is 12.0. The van der Waals surface area contributed by atoms with E-state index in [-0.39, 0.29) is 24.7 Å². The van der Waals surface area contributed by atoms with Crippen molar-refractivity contribution in [3.8, 4) is 0 Å². The molecule has 1 aromatic rings. The van der Waals surface area contributed by atoms with Crippen LogP contribution in [0.5, 0.6) is 0 Å². The predicted molar refractivity (Wildman–Crippen MR) is 96.3 cm³/mol. The highest BCUT2D eigenvalue weighted by Crippen LogP contribution is 2.59. The molecule has 0 bridgehead atoms. The van der Waals surface area contributed by atoms with E-state index in [1.165, 1.54) is 23.9 Å². The number of rotatable bonds is 9. The predicted octanol–water partition coefficient (Wildman–Crippen LogP) is 3.38. The van der Waals surface area contributed by atoms with Gasteiger partial charge in [0.1, 0.15) is 0 Å². The fourth-order valence-electron chi connectivity index (χ4n) is 2.14. The number of ether oxygens (including phenoxy) is 1. The molecule has 142 valence electrons. The molecule has 7 nitrogen and oxygen atoms in total. The van der Waals surface area contributed by atoms with E-state index in [0.717, 1.165) is 5.56 Å². The van der Waals surface area contributed by atoms with Crippen molar-refractivity contribution in [2.45, 2.75) is 36.9 Å². The lowest BCUT2D eigenvalue weighted by atomic mass is 10.2. The summed E-state index contributed by atoms with van der Waals surface area (Å²) in [6.07, 6.45) is -0.510. The van der Waals surface area contributed by atoms with E-state index in [0.29, 0.717) is 5.75 Å². The summed E-state index contributed by atoms with van der Waals surface area (Å²) in [6.45, 7) is 5.63. The number of aryl methyl sites for hydroxylation is 1. The highest BCUT2D eigenvalue weighted by molar-refractivity contribution is 8.05. The minimum absolute atomic E-state index is 0.0922. The Morgan fingerprint density at radius 3 is 2.36 bits per heavy atom. The topological polar surface area (TPSA) is 88.1 Å². The molecule has 0 aromatic heterocycles. The molecule has 0 saturated carbocycles. The van der Waals surface area contributed by atoms with Crippen molar-refractivity contribution in [2.75, 3.05) is 25.6 Å². The number of hydrogen-bond acceptors (Lipinski definition) is 8. The molecular weight excluding hydrogens is 387 g/mol. The van der Waals surface area contributed by atoms with Gasteiger partial charge in [-0.3, -0.25) is 8.75 Å². The van der Waals surface area contributed by atoms with Crippen molar-refractivity contribution in [2.24, 2.45) is 0 Å². The second-order valence-electron chi connectivity index (χ2n) is 5.33. The third-order valence-electron chi connectivity index (χ3n) is 3.33. The van der Waals surface area contributed by atoms with Gasteiger partial charge in [-0.25, -0.2) is 0 Å². The van der Waals surface area contributed by atoms with Gasteiger partial charge >= 0.3 is 7.60 Å². The van der Waals surface area contributed by atoms with Crippen LogP contribution in [0, 0.1) is 6.92 Å². The molecule has 0 amide bonds. The first-order chi connectivity index (χ1) is 11.8. The maximum absolute atomic E-state index is 12.7. The summed E-state index contributed by atoms with van der Waals surface area (Å²) in [5.74, 6) is 0.443. The van der Waals surface area contributed by atoms with Crippen LogP contribution in [0.3, 0.4) is 0 Å². The molecule has 10 heteroatoms. The summed E-state index contributed by atoms with van der Waals surface area (Å²) in [6, 6.07) is 6.40. The Hall–Kier alpha value is -0.410. The van der Waals surface area contributed by atoms with Gasteiger partial charge in [-0.15, -0.1) is 11.8 Å². The van der Waals surface area contributed by atoms with Crippen LogP contribution in [0.15, 0.2) is 29.2 Å². The summed E-state index contributed by atoms with van der Waals surface area (Å²) in [7, 11) is -7.26. The molecule has 1 fully saturated rings. The van der Waals surface area contributed by atoms with Crippen molar-refractivity contribution >= 4 is 29.5 Å². The van der Waals surface area contributed by atoms with E-state index in [2.05, 4.69) is 0 Å². The monoisotopic (exact) mass is 410 g/mol. The lowest BCUT2D eigenvalue weighted by Gasteiger charge is -2.22. The Bertz CT molecular complexity index is 695. The molecule has 1 saturated heterocycles. The Morgan fingerprint density at radius 1 is 1.20 bits per heavy atom. The number of benzene rings is 1. The summed E-state index contributed by atoms with van der Waals surface area (Å²) < 4.78 is 58.3. The number of thioether (sulfide) groups is 1. The van der Waals surface area contributed by atoms with E-state index in [1.807, 2.05) is 6.92 Å². The van der Waals surface area contributed by atoms with Crippen LogP contribution >= 0.6 is 19.4 Å². The van der Waals surface area contributed by atoms with Crippen molar-refractivity contribution in [1.82, 2.24) is 0 Å². The standard InChI is InChI=1S/C15H23O7PS2/c1-4-19-23(16,20-5-2)15-22-13(11-24-15)10-21-25(17,18)14-8-6-12(3)7-9-14/h6-9,13,15H,4-5,10-11H2,1-3H3. The maximum Gasteiger partial charge on any atom is 0.369 e. The Balaban J connectivity index is 1.94. The molecule has 1 aromatic carbocycles. The van der Waals surface area contributed by atoms with Crippen LogP contribution in [0.2, 0.25) is 0 Å². The summed E-state index contributed by atoms with van der Waals surface area (Å²) in [4.78, 5) is 0.0922. The van der Waals surface area contributed by atoms with Gasteiger partial charge in [-0.05, 0) is 32.9 Å². The Kier molecular flexibility index (Phi) is 7.52. The molecule has 0 aliphatic carbocycles. The van der Waals surface area contributed by atoms with Crippen LogP contribution in [-0.4, -0.2) is 45.3 Å². The number of hydrogen-bond donors (Lipinski definition) is 0. The second kappa shape index (κ2) is 8.99. The van der Waals surface area contributed by atoms with Gasteiger partial charge in [0.25, 0.3) is 10.1 Å². The van der Waals surface area contributed by atoms with Gasteiger partial charge in [-0.2, -0.15) is 8.42 Å². The lowest BCUT2D eigenvalue weighted by Crippen LogP contribution is -2.22. The SMILES string of the molecule is CCOP(=O)(OCC)C1OC(COS(=O)(=O)c2ccc(C)cc2)CS1. The van der Waals surface area contributed by atoms with Crippen LogP contribution in [-0.2, 0) is 32.7 Å². The van der Waals surface area contributed by atoms with Crippen molar-refractivity contribution in [3.05, 3.63) is 29.8 Å². The molecule has 25 heavy (non-hydrogen) atoms. The highest BCUT2D eigenvalue weighted by Gasteiger charge is 2.43. The minimum atomic E-state index is -3.86. The molecule has 1 aliphatic rings. The molecule has 2 rings (SSSR count). The van der Waals surface area contributed by atoms with E-state index in [4.69, 9.17) is 18.0 Å². The zero-order chi connectivity index (χ0) is 18.5. The molecule has 0 spiro atoms. The first-order valence-electron chi connectivity index (χ1n) is 7.92. The quantitative estimate of drug-likeness (QED) is 0.452. The molecule has 2 unspecified atom stereocenters. The summed E-state index contributed by atoms with van der Waals surface area (Å²) in [5, 5.41) is -0.775. The molecule has 0 radical (unpaired) electrons. The van der Waals surface area contributed by atoms with Crippen molar-refractivity contribution < 1.29 is 31.0 Å². The van der Waals surface area contributed by atoms with Gasteiger partial charge in [0.15, 0.2) is 0 Å². The van der Waals surface area contributed by atoms with Gasteiger partial charge in [0.05, 0.1) is 30.8 Å². The van der Waals surface area contributed by atoms with Gasteiger partial charge in [0, 0.05) is 5.75 Å². The fourth-order valence-corrected chi connectivity index (χ4v) is 6.58. The van der Waals surface area contributed by atoms with E-state index in [1.54, 1.807) is 26.0 Å². The summed E-state index contributed by atoms with van der Waals surface area (Å²) >= 11 is 1.28. The van der Waals surface area contributed by atoms with Crippen LogP contribution in [0.4, 0.5) is 0 Å². The Labute approximate surface area is 153 Å². The Morgan fingerprint density at radius 2 is 1.80 bits per heavy atom. The van der Waals surface area contributed by atoms with Gasteiger partial charge < -0.3 is 13.8 Å².